The van der Waals surface area contributed by atoms with Gasteiger partial charge in [0.15, 0.2) is 0 Å². The van der Waals surface area contributed by atoms with Crippen molar-refractivity contribution in [3.05, 3.63) is 0 Å². The third kappa shape index (κ3) is 5.90. The van der Waals surface area contributed by atoms with E-state index in [4.69, 9.17) is 0 Å². The molecule has 0 saturated carbocycles. The van der Waals surface area contributed by atoms with Crippen LogP contribution in [-0.4, -0.2) is 30.7 Å². The molecule has 0 bridgehead atoms. The summed E-state index contributed by atoms with van der Waals surface area (Å²) in [5, 5.41) is 0. The number of piperidine rings is 1. The first-order chi connectivity index (χ1) is 8.33. The van der Waals surface area contributed by atoms with E-state index in [-0.39, 0.29) is 0 Å². The van der Waals surface area contributed by atoms with Crippen LogP contribution < -0.4 is 0 Å². The molecule has 1 saturated heterocycles. The van der Waals surface area contributed by atoms with Gasteiger partial charge in [-0.2, -0.15) is 0 Å². The van der Waals surface area contributed by atoms with Gasteiger partial charge < -0.3 is 4.48 Å². The van der Waals surface area contributed by atoms with Gasteiger partial charge in [-0.15, -0.1) is 0 Å². The van der Waals surface area contributed by atoms with E-state index in [1.807, 2.05) is 0 Å². The van der Waals surface area contributed by atoms with Crippen LogP contribution in [0, 0.1) is 0 Å². The second-order valence-electron chi connectivity index (χ2n) is 6.06. The maximum atomic E-state index is 2.34. The first-order valence-electron chi connectivity index (χ1n) is 8.18. The molecule has 0 radical (unpaired) electrons. The normalized spacial score (nSPS) is 19.4. The molecule has 0 aromatic rings. The number of nitrogens with zero attached hydrogens (tertiary/aromatic N) is 1. The van der Waals surface area contributed by atoms with E-state index in [1.165, 1.54) is 94.9 Å². The Morgan fingerprint density at radius 1 is 0.647 bits per heavy atom. The van der Waals surface area contributed by atoms with E-state index >= 15 is 0 Å². The van der Waals surface area contributed by atoms with Gasteiger partial charge in [0, 0.05) is 0 Å². The Labute approximate surface area is 109 Å². The molecule has 0 unspecified atom stereocenters. The molecule has 0 aromatic carbocycles. The third-order valence-corrected chi connectivity index (χ3v) is 4.49. The molecule has 1 rings (SSSR count). The molecular weight excluding hydrogens is 206 g/mol. The van der Waals surface area contributed by atoms with Crippen LogP contribution in [0.1, 0.15) is 78.1 Å². The van der Waals surface area contributed by atoms with E-state index in [0.717, 1.165) is 0 Å². The van der Waals surface area contributed by atoms with Gasteiger partial charge in [0.1, 0.15) is 0 Å². The molecule has 0 aliphatic carbocycles. The number of hydrogen-bond donors (Lipinski definition) is 0. The standard InChI is InChI=1S/C16H34N/c1-3-5-7-8-10-14-17(13-6-4-2)15-11-9-12-16-17/h3-16H2,1-2H3/q+1. The Morgan fingerprint density at radius 3 is 1.88 bits per heavy atom. The van der Waals surface area contributed by atoms with Gasteiger partial charge in [0.2, 0.25) is 0 Å². The van der Waals surface area contributed by atoms with E-state index in [1.54, 1.807) is 0 Å². The predicted octanol–water partition coefficient (Wildman–Crippen LogP) is 4.76. The van der Waals surface area contributed by atoms with E-state index < -0.39 is 0 Å². The maximum Gasteiger partial charge on any atom is 0.0786 e. The van der Waals surface area contributed by atoms with Gasteiger partial charge in [-0.25, -0.2) is 0 Å². The van der Waals surface area contributed by atoms with Crippen LogP contribution >= 0.6 is 0 Å². The summed E-state index contributed by atoms with van der Waals surface area (Å²) in [7, 11) is 0. The molecule has 0 aromatic heterocycles. The molecule has 1 fully saturated rings. The first kappa shape index (κ1) is 15.0. The smallest absolute Gasteiger partial charge is 0.0786 e. The molecule has 0 atom stereocenters. The lowest BCUT2D eigenvalue weighted by Crippen LogP contribution is -2.52. The van der Waals surface area contributed by atoms with Crippen molar-refractivity contribution in [1.29, 1.82) is 0 Å². The highest BCUT2D eigenvalue weighted by Gasteiger charge is 2.28. The summed E-state index contributed by atoms with van der Waals surface area (Å²) >= 11 is 0. The van der Waals surface area contributed by atoms with Gasteiger partial charge in [-0.05, 0) is 38.5 Å². The summed E-state index contributed by atoms with van der Waals surface area (Å²) in [6.07, 6.45) is 14.5. The zero-order valence-electron chi connectivity index (χ0n) is 12.3. The Bertz CT molecular complexity index is 170. The van der Waals surface area contributed by atoms with Crippen molar-refractivity contribution in [2.75, 3.05) is 26.2 Å². The molecule has 1 aliphatic rings. The van der Waals surface area contributed by atoms with Crippen LogP contribution in [-0.2, 0) is 0 Å². The minimum Gasteiger partial charge on any atom is -0.324 e. The average molecular weight is 240 g/mol. The molecule has 1 nitrogen and oxygen atoms in total. The summed E-state index contributed by atoms with van der Waals surface area (Å²) in [4.78, 5) is 0. The molecule has 17 heavy (non-hydrogen) atoms. The lowest BCUT2D eigenvalue weighted by atomic mass is 10.0. The van der Waals surface area contributed by atoms with Gasteiger partial charge >= 0.3 is 0 Å². The lowest BCUT2D eigenvalue weighted by molar-refractivity contribution is -0.932. The van der Waals surface area contributed by atoms with Gasteiger partial charge in [-0.3, -0.25) is 0 Å². The molecule has 102 valence electrons. The van der Waals surface area contributed by atoms with Crippen molar-refractivity contribution in [1.82, 2.24) is 0 Å². The summed E-state index contributed by atoms with van der Waals surface area (Å²) < 4.78 is 1.47. The average Bonchev–Trinajstić information content (AvgIpc) is 2.37. The number of quaternary nitrogens is 1. The Balaban J connectivity index is 2.24. The van der Waals surface area contributed by atoms with Crippen LogP contribution in [0.4, 0.5) is 0 Å². The Morgan fingerprint density at radius 2 is 1.24 bits per heavy atom. The van der Waals surface area contributed by atoms with E-state index in [0.29, 0.717) is 0 Å². The fraction of sp³-hybridized carbons (Fsp3) is 1.00. The van der Waals surface area contributed by atoms with Crippen LogP contribution in [0.5, 0.6) is 0 Å². The van der Waals surface area contributed by atoms with Crippen molar-refractivity contribution in [3.8, 4) is 0 Å². The summed E-state index contributed by atoms with van der Waals surface area (Å²) in [5.74, 6) is 0. The maximum absolute atomic E-state index is 2.34. The van der Waals surface area contributed by atoms with Crippen molar-refractivity contribution >= 4 is 0 Å². The molecule has 0 spiro atoms. The van der Waals surface area contributed by atoms with Crippen molar-refractivity contribution in [2.45, 2.75) is 78.1 Å². The van der Waals surface area contributed by atoms with Crippen molar-refractivity contribution in [3.63, 3.8) is 0 Å². The summed E-state index contributed by atoms with van der Waals surface area (Å²) in [5.41, 5.74) is 0. The minimum atomic E-state index is 1.37. The molecule has 0 N–H and O–H groups in total. The lowest BCUT2D eigenvalue weighted by Gasteiger charge is -2.42. The van der Waals surface area contributed by atoms with Gasteiger partial charge in [-0.1, -0.05) is 39.5 Å². The monoisotopic (exact) mass is 240 g/mol. The molecule has 1 heterocycles. The van der Waals surface area contributed by atoms with Gasteiger partial charge in [0.05, 0.1) is 26.2 Å². The zero-order chi connectivity index (χ0) is 12.4. The topological polar surface area (TPSA) is 0 Å². The van der Waals surface area contributed by atoms with E-state index in [9.17, 15) is 0 Å². The fourth-order valence-electron chi connectivity index (χ4n) is 3.29. The van der Waals surface area contributed by atoms with Gasteiger partial charge in [0.25, 0.3) is 0 Å². The third-order valence-electron chi connectivity index (χ3n) is 4.49. The summed E-state index contributed by atoms with van der Waals surface area (Å²) in [6.45, 7) is 10.5. The summed E-state index contributed by atoms with van der Waals surface area (Å²) in [6, 6.07) is 0. The van der Waals surface area contributed by atoms with E-state index in [2.05, 4.69) is 13.8 Å². The van der Waals surface area contributed by atoms with Crippen LogP contribution in [0.2, 0.25) is 0 Å². The largest absolute Gasteiger partial charge is 0.324 e. The van der Waals surface area contributed by atoms with Crippen molar-refractivity contribution in [2.24, 2.45) is 0 Å². The van der Waals surface area contributed by atoms with Crippen LogP contribution in [0.15, 0.2) is 0 Å². The molecule has 0 amide bonds. The first-order valence-corrected chi connectivity index (χ1v) is 8.18. The second-order valence-corrected chi connectivity index (χ2v) is 6.06. The highest BCUT2D eigenvalue weighted by Crippen LogP contribution is 2.21. The Hall–Kier alpha value is -0.0400. The molecule has 1 heteroatoms. The highest BCUT2D eigenvalue weighted by atomic mass is 15.3. The highest BCUT2D eigenvalue weighted by molar-refractivity contribution is 4.55. The molecular formula is C16H34N+. The number of hydrogen-bond acceptors (Lipinski definition) is 0. The fourth-order valence-corrected chi connectivity index (χ4v) is 3.29. The SMILES string of the molecule is CCCCCCC[N+]1(CCCC)CCCCC1. The number of rotatable bonds is 9. The Kier molecular flexibility index (Phi) is 7.92. The zero-order valence-corrected chi connectivity index (χ0v) is 12.3. The number of unbranched alkanes of at least 4 members (excludes halogenated alkanes) is 5. The minimum absolute atomic E-state index is 1.37. The van der Waals surface area contributed by atoms with Crippen molar-refractivity contribution < 1.29 is 4.48 Å². The van der Waals surface area contributed by atoms with Crippen LogP contribution in [0.25, 0.3) is 0 Å². The predicted molar refractivity (Wildman–Crippen MR) is 77.2 cm³/mol. The quantitative estimate of drug-likeness (QED) is 0.403. The second kappa shape index (κ2) is 8.97. The number of likely N-dealkylation sites (tertiary alicyclic amines) is 1. The van der Waals surface area contributed by atoms with Crippen LogP contribution in [0.3, 0.4) is 0 Å². The molecule has 1 aliphatic heterocycles.